The highest BCUT2D eigenvalue weighted by Gasteiger charge is 2.26. The topological polar surface area (TPSA) is 29.9 Å². The molecule has 0 radical (unpaired) electrons. The lowest BCUT2D eigenvalue weighted by Gasteiger charge is -2.31. The minimum Gasteiger partial charge on any atom is -0.317 e. The third kappa shape index (κ3) is 2.80. The minimum atomic E-state index is 0.672. The Morgan fingerprint density at radius 1 is 1.39 bits per heavy atom. The zero-order valence-electron chi connectivity index (χ0n) is 11.7. The van der Waals surface area contributed by atoms with E-state index in [1.54, 1.807) is 0 Å². The first kappa shape index (κ1) is 14.1. The fourth-order valence-electron chi connectivity index (χ4n) is 3.12. The molecule has 0 spiro atoms. The summed E-state index contributed by atoms with van der Waals surface area (Å²) in [5, 5.41) is 8.08. The molecule has 4 heteroatoms. The van der Waals surface area contributed by atoms with Gasteiger partial charge in [-0.05, 0) is 54.6 Å². The van der Waals surface area contributed by atoms with Crippen LogP contribution in [-0.4, -0.2) is 22.9 Å². The quantitative estimate of drug-likeness (QED) is 0.926. The van der Waals surface area contributed by atoms with Gasteiger partial charge in [0.2, 0.25) is 0 Å². The van der Waals surface area contributed by atoms with Gasteiger partial charge in [-0.3, -0.25) is 4.68 Å². The molecule has 0 saturated heterocycles. The average Bonchev–Trinajstić information content (AvgIpc) is 2.66. The molecule has 0 amide bonds. The fraction of sp³-hybridized carbons (Fsp3) is 0.786. The fourth-order valence-corrected chi connectivity index (χ4v) is 3.90. The molecule has 1 fully saturated rings. The highest BCUT2D eigenvalue weighted by atomic mass is 79.9. The van der Waals surface area contributed by atoms with Gasteiger partial charge in [0.1, 0.15) is 0 Å². The summed E-state index contributed by atoms with van der Waals surface area (Å²) in [5.74, 6) is 0.750. The highest BCUT2D eigenvalue weighted by molar-refractivity contribution is 9.10. The van der Waals surface area contributed by atoms with E-state index < -0.39 is 0 Å². The zero-order valence-corrected chi connectivity index (χ0v) is 13.3. The van der Waals surface area contributed by atoms with Gasteiger partial charge in [0.05, 0.1) is 15.9 Å². The molecule has 18 heavy (non-hydrogen) atoms. The molecule has 2 rings (SSSR count). The van der Waals surface area contributed by atoms with Crippen LogP contribution in [0.2, 0.25) is 0 Å². The molecule has 1 heterocycles. The van der Waals surface area contributed by atoms with Crippen LogP contribution in [-0.2, 0) is 19.9 Å². The Morgan fingerprint density at radius 3 is 2.72 bits per heavy atom. The van der Waals surface area contributed by atoms with Gasteiger partial charge in [-0.1, -0.05) is 19.8 Å². The molecule has 1 saturated carbocycles. The third-order valence-electron chi connectivity index (χ3n) is 4.24. The van der Waals surface area contributed by atoms with Crippen molar-refractivity contribution < 1.29 is 0 Å². The van der Waals surface area contributed by atoms with Gasteiger partial charge in [-0.25, -0.2) is 0 Å². The van der Waals surface area contributed by atoms with Crippen LogP contribution in [0.5, 0.6) is 0 Å². The van der Waals surface area contributed by atoms with Gasteiger partial charge < -0.3 is 5.32 Å². The number of halogens is 1. The molecule has 2 unspecified atom stereocenters. The van der Waals surface area contributed by atoms with Gasteiger partial charge in [0, 0.05) is 13.1 Å². The highest BCUT2D eigenvalue weighted by Crippen LogP contribution is 2.31. The molecule has 1 aliphatic carbocycles. The Morgan fingerprint density at radius 2 is 2.11 bits per heavy atom. The lowest BCUT2D eigenvalue weighted by molar-refractivity contribution is 0.269. The van der Waals surface area contributed by atoms with Gasteiger partial charge in [-0.2, -0.15) is 5.10 Å². The predicted molar refractivity (Wildman–Crippen MR) is 78.8 cm³/mol. The maximum absolute atomic E-state index is 4.59. The summed E-state index contributed by atoms with van der Waals surface area (Å²) in [6, 6.07) is 0.672. The van der Waals surface area contributed by atoms with E-state index in [9.17, 15) is 0 Å². The van der Waals surface area contributed by atoms with Crippen molar-refractivity contribution in [3.63, 3.8) is 0 Å². The molecule has 3 nitrogen and oxygen atoms in total. The van der Waals surface area contributed by atoms with E-state index in [1.807, 2.05) is 0 Å². The second kappa shape index (κ2) is 6.20. The van der Waals surface area contributed by atoms with Gasteiger partial charge >= 0.3 is 0 Å². The molecule has 102 valence electrons. The minimum absolute atomic E-state index is 0.672. The number of aromatic nitrogens is 2. The Balaban J connectivity index is 2.15. The van der Waals surface area contributed by atoms with E-state index in [4.69, 9.17) is 0 Å². The maximum Gasteiger partial charge on any atom is 0.0766 e. The number of rotatable bonds is 4. The van der Waals surface area contributed by atoms with Crippen LogP contribution in [0.3, 0.4) is 0 Å². The van der Waals surface area contributed by atoms with E-state index in [1.165, 1.54) is 41.5 Å². The predicted octanol–water partition coefficient (Wildman–Crippen LogP) is 3.07. The van der Waals surface area contributed by atoms with E-state index in [0.29, 0.717) is 6.04 Å². The first-order valence-corrected chi connectivity index (χ1v) is 7.84. The molecule has 2 atom stereocenters. The van der Waals surface area contributed by atoms with Crippen molar-refractivity contribution >= 4 is 15.9 Å². The lowest BCUT2D eigenvalue weighted by atomic mass is 9.81. The molecule has 1 aliphatic rings. The number of nitrogens with one attached hydrogen (secondary N) is 1. The van der Waals surface area contributed by atoms with Crippen LogP contribution in [0.15, 0.2) is 4.47 Å². The van der Waals surface area contributed by atoms with Crippen LogP contribution < -0.4 is 5.32 Å². The van der Waals surface area contributed by atoms with Crippen molar-refractivity contribution in [2.24, 2.45) is 13.0 Å². The van der Waals surface area contributed by atoms with Crippen LogP contribution in [0, 0.1) is 5.92 Å². The monoisotopic (exact) mass is 313 g/mol. The normalized spacial score (nSPS) is 24.4. The SMILES string of the molecule is CCc1nn(C)c(CC2CCCCC2NC)c1Br. The number of aryl methyl sites for hydroxylation is 2. The Kier molecular flexibility index (Phi) is 4.84. The van der Waals surface area contributed by atoms with Crippen LogP contribution >= 0.6 is 15.9 Å². The van der Waals surface area contributed by atoms with Crippen LogP contribution in [0.1, 0.15) is 44.0 Å². The summed E-state index contributed by atoms with van der Waals surface area (Å²) in [5.41, 5.74) is 2.54. The van der Waals surface area contributed by atoms with E-state index in [2.05, 4.69) is 52.0 Å². The van der Waals surface area contributed by atoms with Crippen molar-refractivity contribution in [2.75, 3.05) is 7.05 Å². The Bertz CT molecular complexity index is 400. The molecule has 1 aromatic heterocycles. The van der Waals surface area contributed by atoms with E-state index in [-0.39, 0.29) is 0 Å². The molecule has 0 aromatic carbocycles. The van der Waals surface area contributed by atoms with Crippen molar-refractivity contribution in [1.29, 1.82) is 0 Å². The summed E-state index contributed by atoms with van der Waals surface area (Å²) >= 11 is 3.73. The summed E-state index contributed by atoms with van der Waals surface area (Å²) < 4.78 is 3.29. The van der Waals surface area contributed by atoms with E-state index >= 15 is 0 Å². The van der Waals surface area contributed by atoms with E-state index in [0.717, 1.165) is 18.8 Å². The molecular weight excluding hydrogens is 290 g/mol. The number of hydrogen-bond donors (Lipinski definition) is 1. The zero-order chi connectivity index (χ0) is 13.1. The summed E-state index contributed by atoms with van der Waals surface area (Å²) in [6.45, 7) is 2.16. The smallest absolute Gasteiger partial charge is 0.0766 e. The second-order valence-electron chi connectivity index (χ2n) is 5.33. The molecule has 1 aromatic rings. The van der Waals surface area contributed by atoms with Gasteiger partial charge in [0.15, 0.2) is 0 Å². The first-order chi connectivity index (χ1) is 8.67. The van der Waals surface area contributed by atoms with Crippen molar-refractivity contribution in [1.82, 2.24) is 15.1 Å². The molecular formula is C14H24BrN3. The second-order valence-corrected chi connectivity index (χ2v) is 6.12. The molecule has 0 bridgehead atoms. The van der Waals surface area contributed by atoms with Crippen molar-refractivity contribution in [3.05, 3.63) is 15.9 Å². The maximum atomic E-state index is 4.59. The van der Waals surface area contributed by atoms with Crippen LogP contribution in [0.25, 0.3) is 0 Å². The standard InChI is InChI=1S/C14H24BrN3/c1-4-11-14(15)13(18(3)17-11)9-10-7-5-6-8-12(10)16-2/h10,12,16H,4-9H2,1-3H3. The molecule has 1 N–H and O–H groups in total. The largest absolute Gasteiger partial charge is 0.317 e. The van der Waals surface area contributed by atoms with Crippen LogP contribution in [0.4, 0.5) is 0 Å². The van der Waals surface area contributed by atoms with Gasteiger partial charge in [0.25, 0.3) is 0 Å². The lowest BCUT2D eigenvalue weighted by Crippen LogP contribution is -2.37. The van der Waals surface area contributed by atoms with Gasteiger partial charge in [-0.15, -0.1) is 0 Å². The number of nitrogens with zero attached hydrogens (tertiary/aromatic N) is 2. The first-order valence-electron chi connectivity index (χ1n) is 7.04. The summed E-state index contributed by atoms with van der Waals surface area (Å²) in [6.07, 6.45) is 7.53. The van der Waals surface area contributed by atoms with Crippen molar-refractivity contribution in [3.8, 4) is 0 Å². The van der Waals surface area contributed by atoms with Crippen molar-refractivity contribution in [2.45, 2.75) is 51.5 Å². The molecule has 0 aliphatic heterocycles. The summed E-state index contributed by atoms with van der Waals surface area (Å²) in [7, 11) is 4.16. The third-order valence-corrected chi connectivity index (χ3v) is 5.15. The Hall–Kier alpha value is -0.350. The number of hydrogen-bond acceptors (Lipinski definition) is 2. The Labute approximate surface area is 118 Å². The average molecular weight is 314 g/mol. The summed E-state index contributed by atoms with van der Waals surface area (Å²) in [4.78, 5) is 0.